The number of para-hydroxylation sites is 1. The van der Waals surface area contributed by atoms with Gasteiger partial charge >= 0.3 is 0 Å². The van der Waals surface area contributed by atoms with E-state index in [-0.39, 0.29) is 16.7 Å². The van der Waals surface area contributed by atoms with Gasteiger partial charge in [0, 0.05) is 30.3 Å². The van der Waals surface area contributed by atoms with Crippen LogP contribution in [0.3, 0.4) is 0 Å². The Morgan fingerprint density at radius 1 is 1.03 bits per heavy atom. The Hall–Kier alpha value is -2.05. The Morgan fingerprint density at radius 3 is 2.36 bits per heavy atom. The number of alkyl halides is 1. The van der Waals surface area contributed by atoms with Gasteiger partial charge < -0.3 is 10.4 Å². The predicted octanol–water partition coefficient (Wildman–Crippen LogP) is 7.22. The lowest BCUT2D eigenvalue weighted by molar-refractivity contribution is 0.165. The summed E-state index contributed by atoms with van der Waals surface area (Å²) in [5.74, 6) is -0.221. The van der Waals surface area contributed by atoms with Gasteiger partial charge in [0.25, 0.3) is 0 Å². The molecule has 0 saturated carbocycles. The van der Waals surface area contributed by atoms with Gasteiger partial charge in [0.2, 0.25) is 0 Å². The minimum Gasteiger partial charge on any atom is -0.388 e. The predicted molar refractivity (Wildman–Crippen MR) is 152 cm³/mol. The van der Waals surface area contributed by atoms with E-state index in [1.54, 1.807) is 12.2 Å². The van der Waals surface area contributed by atoms with E-state index < -0.39 is 17.5 Å². The van der Waals surface area contributed by atoms with E-state index in [9.17, 15) is 10.0 Å². The summed E-state index contributed by atoms with van der Waals surface area (Å²) in [6.45, 7) is 13.9. The van der Waals surface area contributed by atoms with Crippen LogP contribution in [0, 0.1) is 21.7 Å². The average molecular weight is 531 g/mol. The van der Waals surface area contributed by atoms with Crippen molar-refractivity contribution in [2.75, 3.05) is 6.54 Å². The van der Waals surface area contributed by atoms with Crippen LogP contribution in [0.15, 0.2) is 80.5 Å². The molecule has 3 rings (SSSR count). The van der Waals surface area contributed by atoms with Crippen LogP contribution in [-0.4, -0.2) is 35.4 Å². The standard InChI is InChI=1S/C29H37Cl2N3O2/c1-28(2,3)21-11-20(27(35)23(13-21)29(4,5)6)17-33-25-10-8-7-9-18(25)15-32-16-19-12-22(30)14-24(31)26(19)34-36/h7-14,17,20,24,26-27,32,35H,15-16H2,1-6H3. The van der Waals surface area contributed by atoms with Crippen LogP contribution in [0.4, 0.5) is 5.69 Å². The number of aliphatic imine (C=N–C) groups is 1. The Bertz CT molecular complexity index is 1120. The normalized spacial score (nSPS) is 25.2. The van der Waals surface area contributed by atoms with E-state index in [0.717, 1.165) is 22.4 Å². The van der Waals surface area contributed by atoms with E-state index in [2.05, 4.69) is 64.2 Å². The summed E-state index contributed by atoms with van der Waals surface area (Å²) >= 11 is 12.4. The van der Waals surface area contributed by atoms with Crippen LogP contribution in [0.25, 0.3) is 0 Å². The first kappa shape index (κ1) is 28.5. The highest BCUT2D eigenvalue weighted by atomic mass is 35.5. The van der Waals surface area contributed by atoms with Crippen LogP contribution in [-0.2, 0) is 6.54 Å². The lowest BCUT2D eigenvalue weighted by Crippen LogP contribution is -2.33. The van der Waals surface area contributed by atoms with Gasteiger partial charge in [0.1, 0.15) is 6.04 Å². The van der Waals surface area contributed by atoms with Crippen molar-refractivity contribution in [1.82, 2.24) is 5.32 Å². The largest absolute Gasteiger partial charge is 0.388 e. The SMILES string of the molecule is CC(C)(C)C1=CC(C=Nc2ccccc2CNCC2=CC(Cl)=CC(Cl)C2N=O)C(O)C(C(C)(C)C)=C1. The van der Waals surface area contributed by atoms with Gasteiger partial charge in [0.15, 0.2) is 0 Å². The number of nitroso groups, excluding NO2 is 1. The number of nitrogens with one attached hydrogen (secondary N) is 1. The molecule has 2 aliphatic rings. The highest BCUT2D eigenvalue weighted by molar-refractivity contribution is 6.32. The van der Waals surface area contributed by atoms with Crippen LogP contribution < -0.4 is 5.32 Å². The fourth-order valence-corrected chi connectivity index (χ4v) is 5.08. The summed E-state index contributed by atoms with van der Waals surface area (Å²) in [6, 6.07) is 7.24. The molecule has 2 aliphatic carbocycles. The molecule has 0 radical (unpaired) electrons. The number of allylic oxidation sites excluding steroid dienone is 4. The third-order valence-corrected chi connectivity index (χ3v) is 7.16. The molecule has 0 aliphatic heterocycles. The summed E-state index contributed by atoms with van der Waals surface area (Å²) in [7, 11) is 0. The lowest BCUT2D eigenvalue weighted by atomic mass is 9.71. The van der Waals surface area contributed by atoms with Crippen LogP contribution in [0.1, 0.15) is 47.1 Å². The van der Waals surface area contributed by atoms with Crippen molar-refractivity contribution in [3.05, 3.63) is 80.8 Å². The molecule has 1 aromatic rings. The molecule has 5 nitrogen and oxygen atoms in total. The van der Waals surface area contributed by atoms with Crippen molar-refractivity contribution >= 4 is 35.1 Å². The maximum Gasteiger partial charge on any atom is 0.134 e. The van der Waals surface area contributed by atoms with E-state index in [0.29, 0.717) is 18.1 Å². The minimum atomic E-state index is -0.642. The number of aliphatic hydroxyl groups excluding tert-OH is 1. The molecule has 0 heterocycles. The van der Waals surface area contributed by atoms with Crippen molar-refractivity contribution in [3.8, 4) is 0 Å². The number of hydrogen-bond donors (Lipinski definition) is 2. The molecule has 4 atom stereocenters. The van der Waals surface area contributed by atoms with Gasteiger partial charge in [-0.2, -0.15) is 4.91 Å². The van der Waals surface area contributed by atoms with Crippen LogP contribution in [0.2, 0.25) is 0 Å². The van der Waals surface area contributed by atoms with Crippen molar-refractivity contribution in [2.24, 2.45) is 26.9 Å². The summed E-state index contributed by atoms with van der Waals surface area (Å²) in [5, 5.41) is 17.7. The van der Waals surface area contributed by atoms with E-state index in [4.69, 9.17) is 28.2 Å². The zero-order valence-corrected chi connectivity index (χ0v) is 23.4. The molecule has 0 amide bonds. The van der Waals surface area contributed by atoms with Crippen LogP contribution in [0.5, 0.6) is 0 Å². The highest BCUT2D eigenvalue weighted by Crippen LogP contribution is 2.40. The van der Waals surface area contributed by atoms with Gasteiger partial charge in [-0.05, 0) is 51.3 Å². The number of benzene rings is 1. The Labute approximate surface area is 225 Å². The fraction of sp³-hybridized carbons (Fsp3) is 0.483. The van der Waals surface area contributed by atoms with Gasteiger partial charge in [-0.15, -0.1) is 11.6 Å². The molecule has 1 aromatic carbocycles. The number of halogens is 2. The van der Waals surface area contributed by atoms with Gasteiger partial charge in [-0.25, -0.2) is 0 Å². The first-order valence-electron chi connectivity index (χ1n) is 12.3. The average Bonchev–Trinajstić information content (AvgIpc) is 2.77. The van der Waals surface area contributed by atoms with Crippen molar-refractivity contribution in [1.29, 1.82) is 0 Å². The second kappa shape index (κ2) is 11.6. The van der Waals surface area contributed by atoms with E-state index >= 15 is 0 Å². The first-order valence-corrected chi connectivity index (χ1v) is 13.1. The summed E-state index contributed by atoms with van der Waals surface area (Å²) in [6.07, 6.45) is 8.88. The molecule has 0 fully saturated rings. The number of hydrogen-bond acceptors (Lipinski definition) is 5. The zero-order chi connectivity index (χ0) is 26.7. The second-order valence-corrected chi connectivity index (χ2v) is 12.5. The zero-order valence-electron chi connectivity index (χ0n) is 21.9. The number of nitrogens with zero attached hydrogens (tertiary/aromatic N) is 2. The first-order chi connectivity index (χ1) is 16.8. The molecule has 0 spiro atoms. The fourth-order valence-electron chi connectivity index (χ4n) is 4.39. The third kappa shape index (κ3) is 7.04. The lowest BCUT2D eigenvalue weighted by Gasteiger charge is -2.36. The van der Waals surface area contributed by atoms with E-state index in [1.807, 2.05) is 30.5 Å². The molecule has 36 heavy (non-hydrogen) atoms. The topological polar surface area (TPSA) is 74.0 Å². The number of aliphatic hydroxyl groups is 1. The van der Waals surface area contributed by atoms with Gasteiger partial charge in [-0.1, -0.05) is 88.7 Å². The molecule has 4 unspecified atom stereocenters. The highest BCUT2D eigenvalue weighted by Gasteiger charge is 2.34. The summed E-state index contributed by atoms with van der Waals surface area (Å²) < 4.78 is 0. The maximum atomic E-state index is 11.3. The van der Waals surface area contributed by atoms with Crippen LogP contribution >= 0.6 is 23.2 Å². The monoisotopic (exact) mass is 529 g/mol. The molecule has 0 aromatic heterocycles. The van der Waals surface area contributed by atoms with Gasteiger partial charge in [-0.3, -0.25) is 4.99 Å². The molecule has 0 bridgehead atoms. The Morgan fingerprint density at radius 2 is 1.72 bits per heavy atom. The van der Waals surface area contributed by atoms with Crippen molar-refractivity contribution in [2.45, 2.75) is 65.6 Å². The summed E-state index contributed by atoms with van der Waals surface area (Å²) in [5.41, 5.74) is 4.62. The van der Waals surface area contributed by atoms with Crippen molar-refractivity contribution < 1.29 is 5.11 Å². The summed E-state index contributed by atoms with van der Waals surface area (Å²) in [4.78, 5) is 16.1. The smallest absolute Gasteiger partial charge is 0.134 e. The molecular weight excluding hydrogens is 493 g/mol. The minimum absolute atomic E-state index is 0.0350. The molecular formula is C29H37Cl2N3O2. The third-order valence-electron chi connectivity index (χ3n) is 6.56. The van der Waals surface area contributed by atoms with Gasteiger partial charge in [0.05, 0.1) is 17.2 Å². The van der Waals surface area contributed by atoms with Crippen molar-refractivity contribution in [3.63, 3.8) is 0 Å². The van der Waals surface area contributed by atoms with E-state index in [1.165, 1.54) is 5.57 Å². The molecule has 2 N–H and O–H groups in total. The maximum absolute atomic E-state index is 11.3. The number of rotatable bonds is 7. The Kier molecular flexibility index (Phi) is 9.16. The molecule has 194 valence electrons. The molecule has 7 heteroatoms. The Balaban J connectivity index is 1.78. The second-order valence-electron chi connectivity index (χ2n) is 11.5. The molecule has 0 saturated heterocycles. The quantitative estimate of drug-likeness (QED) is 0.222.